The van der Waals surface area contributed by atoms with E-state index < -0.39 is 5.82 Å². The van der Waals surface area contributed by atoms with Crippen molar-refractivity contribution in [3.05, 3.63) is 29.8 Å². The normalized spacial score (nSPS) is 20.6. The molecule has 1 atom stereocenters. The molecule has 1 saturated carbocycles. The fraction of sp³-hybridized carbons (Fsp3) is 0.500. The SMILES string of the molecule is C[C@H]1CN(C(=O)Nc2cc(-n3nnnc3C3CC3)ccc2F)CCO1. The van der Waals surface area contributed by atoms with Crippen LogP contribution in [0, 0.1) is 5.82 Å². The van der Waals surface area contributed by atoms with E-state index in [-0.39, 0.29) is 17.8 Å². The van der Waals surface area contributed by atoms with E-state index in [2.05, 4.69) is 20.8 Å². The number of urea groups is 1. The summed E-state index contributed by atoms with van der Waals surface area (Å²) >= 11 is 0. The summed E-state index contributed by atoms with van der Waals surface area (Å²) in [6, 6.07) is 4.12. The Morgan fingerprint density at radius 2 is 2.24 bits per heavy atom. The van der Waals surface area contributed by atoms with Crippen molar-refractivity contribution in [2.45, 2.75) is 31.8 Å². The number of hydrogen-bond acceptors (Lipinski definition) is 5. The van der Waals surface area contributed by atoms with Gasteiger partial charge in [-0.15, -0.1) is 5.10 Å². The molecule has 1 aromatic heterocycles. The minimum atomic E-state index is -0.501. The van der Waals surface area contributed by atoms with E-state index in [0.29, 0.717) is 31.3 Å². The summed E-state index contributed by atoms with van der Waals surface area (Å²) in [4.78, 5) is 14.0. The summed E-state index contributed by atoms with van der Waals surface area (Å²) in [6.07, 6.45) is 2.08. The smallest absolute Gasteiger partial charge is 0.322 e. The number of halogens is 1. The van der Waals surface area contributed by atoms with Crippen LogP contribution in [0.25, 0.3) is 5.69 Å². The number of rotatable bonds is 3. The summed E-state index contributed by atoms with van der Waals surface area (Å²) in [6.45, 7) is 3.34. The lowest BCUT2D eigenvalue weighted by Gasteiger charge is -2.31. The van der Waals surface area contributed by atoms with Crippen molar-refractivity contribution in [2.24, 2.45) is 0 Å². The van der Waals surface area contributed by atoms with Crippen LogP contribution in [0.2, 0.25) is 0 Å². The highest BCUT2D eigenvalue weighted by molar-refractivity contribution is 5.89. The molecule has 2 amide bonds. The van der Waals surface area contributed by atoms with E-state index in [9.17, 15) is 9.18 Å². The Labute approximate surface area is 143 Å². The molecule has 2 fully saturated rings. The fourth-order valence-corrected chi connectivity index (χ4v) is 2.91. The first-order chi connectivity index (χ1) is 12.1. The van der Waals surface area contributed by atoms with E-state index in [4.69, 9.17) is 4.74 Å². The predicted molar refractivity (Wildman–Crippen MR) is 87.1 cm³/mol. The Kier molecular flexibility index (Phi) is 4.08. The number of carbonyl (C=O) groups is 1. The average molecular weight is 346 g/mol. The summed E-state index contributed by atoms with van der Waals surface area (Å²) in [5.41, 5.74) is 0.734. The van der Waals surface area contributed by atoms with Crippen molar-refractivity contribution in [3.8, 4) is 5.69 Å². The maximum Gasteiger partial charge on any atom is 0.322 e. The van der Waals surface area contributed by atoms with Gasteiger partial charge in [-0.1, -0.05) is 0 Å². The van der Waals surface area contributed by atoms with Gasteiger partial charge in [-0.3, -0.25) is 0 Å². The lowest BCUT2D eigenvalue weighted by molar-refractivity contribution is -0.00139. The number of benzene rings is 1. The molecule has 132 valence electrons. The largest absolute Gasteiger partial charge is 0.375 e. The first kappa shape index (κ1) is 15.9. The van der Waals surface area contributed by atoms with Crippen LogP contribution < -0.4 is 5.32 Å². The van der Waals surface area contributed by atoms with Crippen LogP contribution in [0.1, 0.15) is 31.5 Å². The molecule has 9 heteroatoms. The lowest BCUT2D eigenvalue weighted by Crippen LogP contribution is -2.46. The number of tetrazole rings is 1. The minimum Gasteiger partial charge on any atom is -0.375 e. The molecule has 1 aliphatic heterocycles. The zero-order valence-corrected chi connectivity index (χ0v) is 13.9. The molecule has 0 radical (unpaired) electrons. The number of aromatic nitrogens is 4. The van der Waals surface area contributed by atoms with Gasteiger partial charge in [0.15, 0.2) is 5.82 Å². The predicted octanol–water partition coefficient (Wildman–Crippen LogP) is 1.93. The molecule has 2 aromatic rings. The third-order valence-corrected chi connectivity index (χ3v) is 4.40. The minimum absolute atomic E-state index is 0.0296. The van der Waals surface area contributed by atoms with Crippen LogP contribution in [-0.4, -0.2) is 56.9 Å². The highest BCUT2D eigenvalue weighted by Crippen LogP contribution is 2.39. The van der Waals surface area contributed by atoms with E-state index >= 15 is 0 Å². The van der Waals surface area contributed by atoms with E-state index in [1.54, 1.807) is 21.7 Å². The molecular formula is C16H19FN6O2. The maximum absolute atomic E-state index is 14.2. The topological polar surface area (TPSA) is 85.2 Å². The summed E-state index contributed by atoms with van der Waals surface area (Å²) in [5, 5.41) is 14.4. The van der Waals surface area contributed by atoms with Gasteiger partial charge in [0.1, 0.15) is 5.82 Å². The van der Waals surface area contributed by atoms with Gasteiger partial charge in [0.2, 0.25) is 0 Å². The van der Waals surface area contributed by atoms with Crippen LogP contribution in [-0.2, 0) is 4.74 Å². The molecule has 0 unspecified atom stereocenters. The molecule has 4 rings (SSSR count). The molecule has 0 bridgehead atoms. The first-order valence-corrected chi connectivity index (χ1v) is 8.37. The van der Waals surface area contributed by atoms with Crippen LogP contribution in [0.15, 0.2) is 18.2 Å². The zero-order chi connectivity index (χ0) is 17.4. The summed E-state index contributed by atoms with van der Waals surface area (Å²) in [7, 11) is 0. The van der Waals surface area contributed by atoms with Crippen LogP contribution in [0.5, 0.6) is 0 Å². The molecular weight excluding hydrogens is 327 g/mol. The van der Waals surface area contributed by atoms with E-state index in [1.165, 1.54) is 6.07 Å². The van der Waals surface area contributed by atoms with Crippen molar-refractivity contribution in [1.82, 2.24) is 25.1 Å². The number of nitrogens with zero attached hydrogens (tertiary/aromatic N) is 5. The molecule has 1 N–H and O–H groups in total. The molecule has 25 heavy (non-hydrogen) atoms. The Bertz CT molecular complexity index is 791. The second-order valence-electron chi connectivity index (χ2n) is 6.44. The van der Waals surface area contributed by atoms with Crippen LogP contribution in [0.3, 0.4) is 0 Å². The zero-order valence-electron chi connectivity index (χ0n) is 13.9. The number of carbonyl (C=O) groups excluding carboxylic acids is 1. The molecule has 0 spiro atoms. The fourth-order valence-electron chi connectivity index (χ4n) is 2.91. The van der Waals surface area contributed by atoms with E-state index in [0.717, 1.165) is 18.7 Å². The second kappa shape index (κ2) is 6.40. The lowest BCUT2D eigenvalue weighted by atomic mass is 10.2. The third-order valence-electron chi connectivity index (χ3n) is 4.40. The average Bonchev–Trinajstić information content (AvgIpc) is 3.34. The van der Waals surface area contributed by atoms with Crippen molar-refractivity contribution >= 4 is 11.7 Å². The van der Waals surface area contributed by atoms with Gasteiger partial charge in [-0.05, 0) is 48.4 Å². The molecule has 1 aromatic carbocycles. The van der Waals surface area contributed by atoms with Crippen LogP contribution >= 0.6 is 0 Å². The van der Waals surface area contributed by atoms with Crippen molar-refractivity contribution in [1.29, 1.82) is 0 Å². The second-order valence-corrected chi connectivity index (χ2v) is 6.44. The van der Waals surface area contributed by atoms with Gasteiger partial charge in [0, 0.05) is 19.0 Å². The Morgan fingerprint density at radius 1 is 1.40 bits per heavy atom. The maximum atomic E-state index is 14.2. The molecule has 8 nitrogen and oxygen atoms in total. The number of nitrogens with one attached hydrogen (secondary N) is 1. The molecule has 2 heterocycles. The highest BCUT2D eigenvalue weighted by Gasteiger charge is 2.30. The monoisotopic (exact) mass is 346 g/mol. The summed E-state index contributed by atoms with van der Waals surface area (Å²) < 4.78 is 21.2. The molecule has 1 saturated heterocycles. The first-order valence-electron chi connectivity index (χ1n) is 8.37. The number of amides is 2. The standard InChI is InChI=1S/C16H19FN6O2/c1-10-9-22(6-7-25-10)16(24)18-14-8-12(4-5-13(14)17)23-15(11-2-3-11)19-20-21-23/h4-5,8,10-11H,2-3,6-7,9H2,1H3,(H,18,24)/t10-/m0/s1. The van der Waals surface area contributed by atoms with Gasteiger partial charge in [0.05, 0.1) is 24.1 Å². The van der Waals surface area contributed by atoms with Crippen LogP contribution in [0.4, 0.5) is 14.9 Å². The third kappa shape index (κ3) is 3.32. The van der Waals surface area contributed by atoms with Crippen molar-refractivity contribution in [2.75, 3.05) is 25.0 Å². The number of hydrogen-bond donors (Lipinski definition) is 1. The van der Waals surface area contributed by atoms with Gasteiger partial charge >= 0.3 is 6.03 Å². The Morgan fingerprint density at radius 3 is 3.00 bits per heavy atom. The van der Waals surface area contributed by atoms with Crippen molar-refractivity contribution in [3.63, 3.8) is 0 Å². The Balaban J connectivity index is 1.55. The number of morpholine rings is 1. The van der Waals surface area contributed by atoms with E-state index in [1.807, 2.05) is 6.92 Å². The highest BCUT2D eigenvalue weighted by atomic mass is 19.1. The van der Waals surface area contributed by atoms with Gasteiger partial charge < -0.3 is 15.0 Å². The van der Waals surface area contributed by atoms with Gasteiger partial charge in [-0.2, -0.15) is 4.68 Å². The molecule has 1 aliphatic carbocycles. The van der Waals surface area contributed by atoms with Gasteiger partial charge in [0.25, 0.3) is 0 Å². The summed E-state index contributed by atoms with van der Waals surface area (Å²) in [5.74, 6) is 0.623. The number of ether oxygens (including phenoxy) is 1. The Hall–Kier alpha value is -2.55. The quantitative estimate of drug-likeness (QED) is 0.918. The van der Waals surface area contributed by atoms with Gasteiger partial charge in [-0.25, -0.2) is 9.18 Å². The van der Waals surface area contributed by atoms with Crippen molar-refractivity contribution < 1.29 is 13.9 Å². The molecule has 2 aliphatic rings. The number of anilines is 1.